The number of hydrogen-bond donors (Lipinski definition) is 0. The minimum Gasteiger partial charge on any atom is -0.456 e. The molecule has 1 aliphatic carbocycles. The molecule has 0 saturated heterocycles. The first-order valence-corrected chi connectivity index (χ1v) is 22.5. The second-order valence-corrected chi connectivity index (χ2v) is 18.2. The van der Waals surface area contributed by atoms with E-state index in [0.29, 0.717) is 0 Å². The van der Waals surface area contributed by atoms with E-state index in [1.54, 1.807) is 0 Å². The van der Waals surface area contributed by atoms with Crippen LogP contribution < -0.4 is 9.80 Å². The third-order valence-electron chi connectivity index (χ3n) is 13.1. The summed E-state index contributed by atoms with van der Waals surface area (Å²) in [4.78, 5) is 6.20. The van der Waals surface area contributed by atoms with Crippen molar-refractivity contribution in [3.8, 4) is 0 Å². The molecule has 0 saturated carbocycles. The highest BCUT2D eigenvalue weighted by atomic mass is 32.2. The first kappa shape index (κ1) is 36.2. The van der Waals surface area contributed by atoms with Crippen LogP contribution in [0.15, 0.2) is 208 Å². The number of fused-ring (bicyclic) bond motifs is 14. The Balaban J connectivity index is 0.939. The van der Waals surface area contributed by atoms with Crippen LogP contribution in [0.2, 0.25) is 0 Å². The molecule has 2 aliphatic rings. The number of allylic oxidation sites excluding steroid dienone is 3. The minimum absolute atomic E-state index is 0.265. The second-order valence-electron chi connectivity index (χ2n) is 17.0. The van der Waals surface area contributed by atoms with Crippen LogP contribution in [0, 0.1) is 13.8 Å². The molecule has 3 heterocycles. The van der Waals surface area contributed by atoms with Gasteiger partial charge in [-0.05, 0) is 132 Å². The Kier molecular flexibility index (Phi) is 8.06. The Hall–Kier alpha value is -7.47. The van der Waals surface area contributed by atoms with Gasteiger partial charge in [-0.2, -0.15) is 0 Å². The van der Waals surface area contributed by atoms with Gasteiger partial charge < -0.3 is 18.6 Å². The summed E-state index contributed by atoms with van der Waals surface area (Å²) < 4.78 is 12.5. The highest BCUT2D eigenvalue weighted by molar-refractivity contribution is 8.01. The standard InChI is InChI=1S/C58H40N2O2S/c1-35-15-19-37(20-16-35)59(40-25-29-54-50(32-40)44-10-5-7-13-52(44)61-54)39-23-27-47-49(31-39)43-9-3-4-12-46(43)57-48-28-24-42(34-56(48)63-58(47)57)60(38-21-17-36(2)18-22-38)41-26-30-55-51(33-41)45-11-6-8-14-53(45)62-55/h3-33,56H,34H2,1-2H3/t56-/m0/s1. The first-order chi connectivity index (χ1) is 31.0. The number of anilines is 5. The summed E-state index contributed by atoms with van der Waals surface area (Å²) in [5.74, 6) is 0. The third kappa shape index (κ3) is 5.77. The van der Waals surface area contributed by atoms with Crippen LogP contribution in [0.3, 0.4) is 0 Å². The van der Waals surface area contributed by atoms with Gasteiger partial charge >= 0.3 is 0 Å². The van der Waals surface area contributed by atoms with Crippen molar-refractivity contribution in [3.05, 3.63) is 210 Å². The van der Waals surface area contributed by atoms with E-state index in [9.17, 15) is 0 Å². The van der Waals surface area contributed by atoms with Crippen molar-refractivity contribution in [1.29, 1.82) is 0 Å². The highest BCUT2D eigenvalue weighted by Gasteiger charge is 2.35. The van der Waals surface area contributed by atoms with E-state index in [-0.39, 0.29) is 5.25 Å². The lowest BCUT2D eigenvalue weighted by molar-refractivity contribution is 0.668. The predicted octanol–water partition coefficient (Wildman–Crippen LogP) is 16.9. The van der Waals surface area contributed by atoms with E-state index in [2.05, 4.69) is 194 Å². The van der Waals surface area contributed by atoms with E-state index in [1.807, 2.05) is 30.0 Å². The van der Waals surface area contributed by atoms with Gasteiger partial charge in [-0.15, -0.1) is 11.8 Å². The van der Waals surface area contributed by atoms with Crippen LogP contribution in [0.5, 0.6) is 0 Å². The summed E-state index contributed by atoms with van der Waals surface area (Å²) in [6.07, 6.45) is 5.65. The number of thioether (sulfide) groups is 1. The molecule has 2 aromatic heterocycles. The summed E-state index contributed by atoms with van der Waals surface area (Å²) >= 11 is 2.02. The Morgan fingerprint density at radius 3 is 1.51 bits per heavy atom. The highest BCUT2D eigenvalue weighted by Crippen LogP contribution is 2.56. The average Bonchev–Trinajstić information content (AvgIpc) is 4.02. The molecule has 0 unspecified atom stereocenters. The molecule has 11 aromatic rings. The average molecular weight is 829 g/mol. The van der Waals surface area contributed by atoms with Crippen molar-refractivity contribution in [3.63, 3.8) is 0 Å². The van der Waals surface area contributed by atoms with E-state index in [0.717, 1.165) is 78.7 Å². The molecular weight excluding hydrogens is 789 g/mol. The van der Waals surface area contributed by atoms with Crippen LogP contribution >= 0.6 is 11.8 Å². The van der Waals surface area contributed by atoms with Crippen LogP contribution in [-0.4, -0.2) is 5.25 Å². The van der Waals surface area contributed by atoms with Crippen molar-refractivity contribution in [2.75, 3.05) is 9.80 Å². The number of nitrogens with zero attached hydrogens (tertiary/aromatic N) is 2. The zero-order valence-corrected chi connectivity index (χ0v) is 35.6. The van der Waals surface area contributed by atoms with Crippen LogP contribution in [0.1, 0.15) is 23.1 Å². The predicted molar refractivity (Wildman–Crippen MR) is 266 cm³/mol. The van der Waals surface area contributed by atoms with Crippen LogP contribution in [-0.2, 0) is 0 Å². The summed E-state index contributed by atoms with van der Waals surface area (Å²) in [6.45, 7) is 4.30. The van der Waals surface area contributed by atoms with Crippen molar-refractivity contribution in [2.24, 2.45) is 0 Å². The van der Waals surface area contributed by atoms with Gasteiger partial charge in [0.15, 0.2) is 0 Å². The fourth-order valence-corrected chi connectivity index (χ4v) is 11.5. The fourth-order valence-electron chi connectivity index (χ4n) is 10.0. The zero-order chi connectivity index (χ0) is 41.8. The normalized spacial score (nSPS) is 14.7. The molecular formula is C58H40N2O2S. The fraction of sp³-hybridized carbons (Fsp3) is 0.0690. The topological polar surface area (TPSA) is 32.8 Å². The number of furan rings is 2. The Morgan fingerprint density at radius 1 is 0.413 bits per heavy atom. The Labute approximate surface area is 369 Å². The lowest BCUT2D eigenvalue weighted by Gasteiger charge is -2.31. The van der Waals surface area contributed by atoms with E-state index in [4.69, 9.17) is 8.83 Å². The lowest BCUT2D eigenvalue weighted by atomic mass is 9.88. The Bertz CT molecular complexity index is 3720. The molecule has 63 heavy (non-hydrogen) atoms. The van der Waals surface area contributed by atoms with E-state index < -0.39 is 0 Å². The molecule has 0 radical (unpaired) electrons. The molecule has 0 fully saturated rings. The van der Waals surface area contributed by atoms with Gasteiger partial charge in [0, 0.05) is 77.8 Å². The van der Waals surface area contributed by atoms with Crippen molar-refractivity contribution in [2.45, 2.75) is 30.4 Å². The Morgan fingerprint density at radius 2 is 0.889 bits per heavy atom. The maximum atomic E-state index is 6.26. The van der Waals surface area contributed by atoms with Gasteiger partial charge in [-0.1, -0.05) is 108 Å². The molecule has 4 nitrogen and oxygen atoms in total. The number of aryl methyl sites for hydroxylation is 2. The quantitative estimate of drug-likeness (QED) is 0.156. The third-order valence-corrected chi connectivity index (χ3v) is 14.4. The molecule has 0 amide bonds. The molecule has 5 heteroatoms. The molecule has 300 valence electrons. The summed E-state index contributed by atoms with van der Waals surface area (Å²) in [5, 5.41) is 9.89. The number of benzene rings is 9. The van der Waals surface area contributed by atoms with Crippen molar-refractivity contribution < 1.29 is 8.83 Å². The SMILES string of the molecule is Cc1ccc(N(C2=CC=C3c4c(c5ccc(N(c6ccc(C)cc6)c6ccc7oc8ccccc8c7c6)cc5c5ccccc45)S[C@H]3C2)c2ccc3oc4ccccc4c3c2)cc1. The monoisotopic (exact) mass is 828 g/mol. The van der Waals surface area contributed by atoms with Crippen LogP contribution in [0.25, 0.3) is 71.0 Å². The number of para-hydroxylation sites is 2. The molecule has 0 spiro atoms. The van der Waals surface area contributed by atoms with Gasteiger partial charge in [-0.3, -0.25) is 0 Å². The van der Waals surface area contributed by atoms with Crippen molar-refractivity contribution >= 4 is 111 Å². The van der Waals surface area contributed by atoms with E-state index in [1.165, 1.54) is 54.4 Å². The molecule has 0 bridgehead atoms. The smallest absolute Gasteiger partial charge is 0.135 e. The second kappa shape index (κ2) is 14.0. The van der Waals surface area contributed by atoms with Gasteiger partial charge in [0.1, 0.15) is 22.3 Å². The molecule has 9 aromatic carbocycles. The molecule has 1 atom stereocenters. The summed E-state index contributed by atoms with van der Waals surface area (Å²) in [7, 11) is 0. The van der Waals surface area contributed by atoms with Gasteiger partial charge in [-0.25, -0.2) is 0 Å². The van der Waals surface area contributed by atoms with Crippen molar-refractivity contribution in [1.82, 2.24) is 0 Å². The molecule has 0 N–H and O–H groups in total. The summed E-state index contributed by atoms with van der Waals surface area (Å²) in [6, 6.07) is 63.7. The minimum atomic E-state index is 0.265. The molecule has 13 rings (SSSR count). The van der Waals surface area contributed by atoms with E-state index >= 15 is 0 Å². The maximum absolute atomic E-state index is 6.26. The largest absolute Gasteiger partial charge is 0.456 e. The van der Waals surface area contributed by atoms with Gasteiger partial charge in [0.05, 0.1) is 0 Å². The van der Waals surface area contributed by atoms with Gasteiger partial charge in [0.25, 0.3) is 0 Å². The number of hydrogen-bond acceptors (Lipinski definition) is 5. The lowest BCUT2D eigenvalue weighted by Crippen LogP contribution is -2.21. The van der Waals surface area contributed by atoms with Crippen LogP contribution in [0.4, 0.5) is 28.4 Å². The summed E-state index contributed by atoms with van der Waals surface area (Å²) in [5.41, 5.74) is 15.7. The zero-order valence-electron chi connectivity index (χ0n) is 34.8. The maximum Gasteiger partial charge on any atom is 0.135 e. The number of rotatable bonds is 6. The first-order valence-electron chi connectivity index (χ1n) is 21.6. The van der Waals surface area contributed by atoms with Gasteiger partial charge in [0.2, 0.25) is 0 Å². The molecule has 1 aliphatic heterocycles.